The van der Waals surface area contributed by atoms with E-state index in [4.69, 9.17) is 0 Å². The molecular weight excluding hydrogens is 206 g/mol. The van der Waals surface area contributed by atoms with E-state index in [1.807, 2.05) is 0 Å². The average molecular weight is 233 g/mol. The van der Waals surface area contributed by atoms with E-state index in [2.05, 4.69) is 69.9 Å². The summed E-state index contributed by atoms with van der Waals surface area (Å²) in [7, 11) is 0. The minimum atomic E-state index is 0.633. The van der Waals surface area contributed by atoms with E-state index in [0.717, 1.165) is 0 Å². The van der Waals surface area contributed by atoms with Crippen LogP contribution in [0.1, 0.15) is 40.2 Å². The van der Waals surface area contributed by atoms with Crippen molar-refractivity contribution >= 4 is 0 Å². The van der Waals surface area contributed by atoms with Crippen molar-refractivity contribution in [2.24, 2.45) is 5.92 Å². The van der Waals surface area contributed by atoms with Crippen molar-refractivity contribution < 1.29 is 0 Å². The second-order valence-corrected chi connectivity index (χ2v) is 5.68. The van der Waals surface area contributed by atoms with Crippen LogP contribution in [-0.2, 0) is 6.42 Å². The summed E-state index contributed by atoms with van der Waals surface area (Å²) in [5.41, 5.74) is 1.45. The molecule has 0 heterocycles. The molecule has 0 aliphatic rings. The largest absolute Gasteiger partial charge is 0.298 e. The molecule has 0 N–H and O–H groups in total. The van der Waals surface area contributed by atoms with Gasteiger partial charge in [0.25, 0.3) is 0 Å². The van der Waals surface area contributed by atoms with Gasteiger partial charge in [-0.3, -0.25) is 4.90 Å². The van der Waals surface area contributed by atoms with Crippen LogP contribution in [0, 0.1) is 5.92 Å². The summed E-state index contributed by atoms with van der Waals surface area (Å²) in [5, 5.41) is 0. The van der Waals surface area contributed by atoms with Gasteiger partial charge in [-0.05, 0) is 45.6 Å². The van der Waals surface area contributed by atoms with E-state index in [1.54, 1.807) is 0 Å². The Kier molecular flexibility index (Phi) is 5.70. The number of hydrogen-bond donors (Lipinski definition) is 0. The normalized spacial score (nSPS) is 13.6. The molecule has 0 aliphatic carbocycles. The van der Waals surface area contributed by atoms with Crippen LogP contribution >= 0.6 is 0 Å². The first kappa shape index (κ1) is 14.2. The highest BCUT2D eigenvalue weighted by Gasteiger charge is 2.16. The molecule has 0 aromatic heterocycles. The number of benzene rings is 1. The zero-order valence-corrected chi connectivity index (χ0v) is 12.0. The SMILES string of the molecule is CC(C)N(C[C@@H](C)Cc1ccccc1)C(C)C. The van der Waals surface area contributed by atoms with Crippen molar-refractivity contribution in [3.63, 3.8) is 0 Å². The van der Waals surface area contributed by atoms with E-state index in [1.165, 1.54) is 18.5 Å². The lowest BCUT2D eigenvalue weighted by molar-refractivity contribution is 0.150. The molecule has 1 atom stereocenters. The van der Waals surface area contributed by atoms with Crippen molar-refractivity contribution in [3.05, 3.63) is 35.9 Å². The molecule has 0 saturated carbocycles. The van der Waals surface area contributed by atoms with Gasteiger partial charge >= 0.3 is 0 Å². The summed E-state index contributed by atoms with van der Waals surface area (Å²) in [4.78, 5) is 2.58. The first-order valence-corrected chi connectivity index (χ1v) is 6.80. The van der Waals surface area contributed by atoms with Gasteiger partial charge in [-0.1, -0.05) is 37.3 Å². The summed E-state index contributed by atoms with van der Waals surface area (Å²) < 4.78 is 0. The maximum Gasteiger partial charge on any atom is 0.00414 e. The van der Waals surface area contributed by atoms with Gasteiger partial charge in [0, 0.05) is 18.6 Å². The highest BCUT2D eigenvalue weighted by molar-refractivity contribution is 5.15. The van der Waals surface area contributed by atoms with E-state index >= 15 is 0 Å². The third-order valence-corrected chi connectivity index (χ3v) is 3.28. The average Bonchev–Trinajstić information content (AvgIpc) is 2.26. The van der Waals surface area contributed by atoms with Crippen molar-refractivity contribution in [3.8, 4) is 0 Å². The second-order valence-electron chi connectivity index (χ2n) is 5.68. The number of nitrogens with zero attached hydrogens (tertiary/aromatic N) is 1. The Balaban J connectivity index is 2.51. The van der Waals surface area contributed by atoms with Crippen molar-refractivity contribution in [2.75, 3.05) is 6.54 Å². The van der Waals surface area contributed by atoms with Gasteiger partial charge in [0.05, 0.1) is 0 Å². The number of rotatable bonds is 6. The molecule has 0 aliphatic heterocycles. The topological polar surface area (TPSA) is 3.24 Å². The monoisotopic (exact) mass is 233 g/mol. The molecule has 0 radical (unpaired) electrons. The van der Waals surface area contributed by atoms with Crippen LogP contribution in [0.3, 0.4) is 0 Å². The Bertz CT molecular complexity index is 295. The molecule has 1 aromatic rings. The van der Waals surface area contributed by atoms with Crippen LogP contribution in [0.2, 0.25) is 0 Å². The zero-order valence-electron chi connectivity index (χ0n) is 12.0. The molecule has 0 amide bonds. The molecule has 0 saturated heterocycles. The molecule has 0 spiro atoms. The fourth-order valence-corrected chi connectivity index (χ4v) is 2.46. The third kappa shape index (κ3) is 4.91. The standard InChI is InChI=1S/C16H27N/c1-13(2)17(14(3)4)12-15(5)11-16-9-7-6-8-10-16/h6-10,13-15H,11-12H2,1-5H3/t15-/m0/s1. The smallest absolute Gasteiger partial charge is 0.00414 e. The van der Waals surface area contributed by atoms with Crippen LogP contribution in [0.25, 0.3) is 0 Å². The Labute approximate surface area is 107 Å². The quantitative estimate of drug-likeness (QED) is 0.718. The molecule has 0 unspecified atom stereocenters. The predicted molar refractivity (Wildman–Crippen MR) is 76.3 cm³/mol. The van der Waals surface area contributed by atoms with Gasteiger partial charge in [0.1, 0.15) is 0 Å². The molecular formula is C16H27N. The van der Waals surface area contributed by atoms with E-state index in [9.17, 15) is 0 Å². The summed E-state index contributed by atoms with van der Waals surface area (Å²) in [6.45, 7) is 12.7. The molecule has 0 bridgehead atoms. The maximum atomic E-state index is 2.58. The second kappa shape index (κ2) is 6.80. The van der Waals surface area contributed by atoms with Gasteiger partial charge in [-0.2, -0.15) is 0 Å². The van der Waals surface area contributed by atoms with Crippen LogP contribution in [0.15, 0.2) is 30.3 Å². The minimum absolute atomic E-state index is 0.633. The molecule has 1 aromatic carbocycles. The van der Waals surface area contributed by atoms with E-state index < -0.39 is 0 Å². The summed E-state index contributed by atoms with van der Waals surface area (Å²) >= 11 is 0. The van der Waals surface area contributed by atoms with Crippen molar-refractivity contribution in [1.29, 1.82) is 0 Å². The molecule has 96 valence electrons. The van der Waals surface area contributed by atoms with Crippen LogP contribution in [0.4, 0.5) is 0 Å². The molecule has 0 fully saturated rings. The Morgan fingerprint density at radius 2 is 1.41 bits per heavy atom. The van der Waals surface area contributed by atoms with Crippen LogP contribution in [-0.4, -0.2) is 23.5 Å². The maximum absolute atomic E-state index is 2.58. The van der Waals surface area contributed by atoms with Crippen LogP contribution < -0.4 is 0 Å². The first-order valence-electron chi connectivity index (χ1n) is 6.80. The van der Waals surface area contributed by atoms with Crippen molar-refractivity contribution in [1.82, 2.24) is 4.90 Å². The highest BCUT2D eigenvalue weighted by atomic mass is 15.2. The van der Waals surface area contributed by atoms with E-state index in [0.29, 0.717) is 18.0 Å². The fraction of sp³-hybridized carbons (Fsp3) is 0.625. The third-order valence-electron chi connectivity index (χ3n) is 3.28. The van der Waals surface area contributed by atoms with Gasteiger partial charge in [-0.15, -0.1) is 0 Å². The van der Waals surface area contributed by atoms with Gasteiger partial charge in [0.15, 0.2) is 0 Å². The summed E-state index contributed by atoms with van der Waals surface area (Å²) in [6.07, 6.45) is 1.18. The Hall–Kier alpha value is -0.820. The fourth-order valence-electron chi connectivity index (χ4n) is 2.46. The lowest BCUT2D eigenvalue weighted by atomic mass is 9.99. The van der Waals surface area contributed by atoms with Gasteiger partial charge in [-0.25, -0.2) is 0 Å². The zero-order chi connectivity index (χ0) is 12.8. The van der Waals surface area contributed by atoms with Gasteiger partial charge < -0.3 is 0 Å². The molecule has 1 nitrogen and oxygen atoms in total. The Morgan fingerprint density at radius 3 is 1.88 bits per heavy atom. The lowest BCUT2D eigenvalue weighted by Crippen LogP contribution is -2.40. The molecule has 1 heteroatoms. The highest BCUT2D eigenvalue weighted by Crippen LogP contribution is 2.13. The summed E-state index contributed by atoms with van der Waals surface area (Å²) in [6, 6.07) is 12.1. The van der Waals surface area contributed by atoms with Crippen LogP contribution in [0.5, 0.6) is 0 Å². The predicted octanol–water partition coefficient (Wildman–Crippen LogP) is 3.98. The van der Waals surface area contributed by atoms with Gasteiger partial charge in [0.2, 0.25) is 0 Å². The molecule has 1 rings (SSSR count). The molecule has 17 heavy (non-hydrogen) atoms. The van der Waals surface area contributed by atoms with E-state index in [-0.39, 0.29) is 0 Å². The van der Waals surface area contributed by atoms with Crippen molar-refractivity contribution in [2.45, 2.75) is 53.1 Å². The Morgan fingerprint density at radius 1 is 0.882 bits per heavy atom. The summed E-state index contributed by atoms with van der Waals surface area (Å²) in [5.74, 6) is 0.710. The minimum Gasteiger partial charge on any atom is -0.298 e. The lowest BCUT2D eigenvalue weighted by Gasteiger charge is -2.33. The number of hydrogen-bond acceptors (Lipinski definition) is 1. The first-order chi connectivity index (χ1) is 8.00.